The fraction of sp³-hybridized carbons (Fsp3) is 0.385. The van der Waals surface area contributed by atoms with E-state index in [1.54, 1.807) is 6.92 Å². The van der Waals surface area contributed by atoms with Gasteiger partial charge in [0.2, 0.25) is 0 Å². The smallest absolute Gasteiger partial charge is 0.152 e. The number of aliphatic hydroxyl groups is 3. The van der Waals surface area contributed by atoms with Gasteiger partial charge in [-0.25, -0.2) is 14.4 Å². The summed E-state index contributed by atoms with van der Waals surface area (Å²) in [7, 11) is 0. The van der Waals surface area contributed by atoms with Crippen molar-refractivity contribution in [2.45, 2.75) is 25.2 Å². The first kappa shape index (κ1) is 13.2. The van der Waals surface area contributed by atoms with E-state index in [-0.39, 0.29) is 6.61 Å². The molecule has 2 aromatic rings. The molecule has 0 aliphatic heterocycles. The van der Waals surface area contributed by atoms with Gasteiger partial charge in [0, 0.05) is 6.20 Å². The van der Waals surface area contributed by atoms with E-state index in [4.69, 9.17) is 5.11 Å². The zero-order valence-corrected chi connectivity index (χ0v) is 10.7. The maximum Gasteiger partial charge on any atom is 0.152 e. The molecule has 7 heteroatoms. The topological polar surface area (TPSA) is 91.4 Å². The number of nitrogens with zero attached hydrogens (tertiary/aromatic N) is 3. The number of fused-ring (bicyclic) bond motifs is 1. The summed E-state index contributed by atoms with van der Waals surface area (Å²) in [5, 5.41) is 29.3. The van der Waals surface area contributed by atoms with Crippen molar-refractivity contribution in [1.29, 1.82) is 0 Å². The SMILES string of the molecule is Cc1ncnc2c1c(F)cn2[C@@H]1C=C(CO)[C@@H](O)[C@H]1O. The lowest BCUT2D eigenvalue weighted by atomic mass is 10.1. The summed E-state index contributed by atoms with van der Waals surface area (Å²) in [6, 6.07) is -0.673. The molecule has 0 bridgehead atoms. The standard InChI is InChI=1S/C13H14FN3O3/c1-6-10-8(14)3-17(13(10)16-5-15-6)9-2-7(4-18)11(19)12(9)20/h2-3,5,9,11-12,18-20H,4H2,1H3/t9-,11-,12+/m1/s1. The van der Waals surface area contributed by atoms with E-state index in [0.717, 1.165) is 0 Å². The Morgan fingerprint density at radius 2 is 2.10 bits per heavy atom. The van der Waals surface area contributed by atoms with Crippen molar-refractivity contribution in [3.63, 3.8) is 0 Å². The van der Waals surface area contributed by atoms with Crippen LogP contribution in [-0.2, 0) is 0 Å². The van der Waals surface area contributed by atoms with E-state index in [0.29, 0.717) is 22.3 Å². The molecule has 2 aromatic heterocycles. The van der Waals surface area contributed by atoms with Crippen molar-refractivity contribution in [3.8, 4) is 0 Å². The monoisotopic (exact) mass is 279 g/mol. The van der Waals surface area contributed by atoms with Crippen LogP contribution in [0.2, 0.25) is 0 Å². The molecule has 0 saturated carbocycles. The molecule has 1 aliphatic rings. The van der Waals surface area contributed by atoms with Crippen molar-refractivity contribution < 1.29 is 19.7 Å². The number of rotatable bonds is 2. The number of hydrogen-bond donors (Lipinski definition) is 3. The molecule has 3 N–H and O–H groups in total. The van der Waals surface area contributed by atoms with Crippen molar-refractivity contribution in [2.24, 2.45) is 0 Å². The fourth-order valence-corrected chi connectivity index (χ4v) is 2.63. The molecule has 20 heavy (non-hydrogen) atoms. The second-order valence-electron chi connectivity index (χ2n) is 4.87. The predicted octanol–water partition coefficient (Wildman–Crippen LogP) is 0.0740. The van der Waals surface area contributed by atoms with Gasteiger partial charge in [0.05, 0.1) is 23.7 Å². The molecule has 0 amide bonds. The van der Waals surface area contributed by atoms with Gasteiger partial charge in [-0.05, 0) is 12.5 Å². The summed E-state index contributed by atoms with van der Waals surface area (Å²) < 4.78 is 15.5. The summed E-state index contributed by atoms with van der Waals surface area (Å²) in [6.07, 6.45) is 1.77. The first-order chi connectivity index (χ1) is 9.54. The lowest BCUT2D eigenvalue weighted by Crippen LogP contribution is -2.30. The summed E-state index contributed by atoms with van der Waals surface area (Å²) in [4.78, 5) is 7.99. The van der Waals surface area contributed by atoms with E-state index < -0.39 is 24.1 Å². The Labute approximate surface area is 113 Å². The minimum Gasteiger partial charge on any atom is -0.392 e. The second kappa shape index (κ2) is 4.62. The summed E-state index contributed by atoms with van der Waals surface area (Å²) >= 11 is 0. The lowest BCUT2D eigenvalue weighted by molar-refractivity contribution is 0.0288. The van der Waals surface area contributed by atoms with Crippen molar-refractivity contribution in [2.75, 3.05) is 6.61 Å². The third-order valence-electron chi connectivity index (χ3n) is 3.69. The molecule has 3 atom stereocenters. The van der Waals surface area contributed by atoms with Gasteiger partial charge in [-0.2, -0.15) is 0 Å². The van der Waals surface area contributed by atoms with Crippen LogP contribution in [0.15, 0.2) is 24.2 Å². The highest BCUT2D eigenvalue weighted by Crippen LogP contribution is 2.33. The molecular weight excluding hydrogens is 265 g/mol. The van der Waals surface area contributed by atoms with Crippen molar-refractivity contribution in [1.82, 2.24) is 14.5 Å². The van der Waals surface area contributed by atoms with Crippen LogP contribution in [0.25, 0.3) is 11.0 Å². The quantitative estimate of drug-likeness (QED) is 0.677. The van der Waals surface area contributed by atoms with Crippen LogP contribution in [0.4, 0.5) is 4.39 Å². The largest absolute Gasteiger partial charge is 0.392 e. The predicted molar refractivity (Wildman–Crippen MR) is 68.4 cm³/mol. The highest BCUT2D eigenvalue weighted by molar-refractivity contribution is 5.79. The minimum absolute atomic E-state index is 0.292. The van der Waals surface area contributed by atoms with Gasteiger partial charge in [0.1, 0.15) is 24.2 Å². The maximum absolute atomic E-state index is 14.0. The number of aryl methyl sites for hydroxylation is 1. The Balaban J connectivity index is 2.17. The molecule has 0 saturated heterocycles. The molecule has 1 aliphatic carbocycles. The molecule has 0 fully saturated rings. The van der Waals surface area contributed by atoms with E-state index in [9.17, 15) is 14.6 Å². The Hall–Kier alpha value is -1.83. The zero-order chi connectivity index (χ0) is 14.4. The van der Waals surface area contributed by atoms with Crippen molar-refractivity contribution >= 4 is 11.0 Å². The Morgan fingerprint density at radius 3 is 2.75 bits per heavy atom. The van der Waals surface area contributed by atoms with Gasteiger partial charge in [0.15, 0.2) is 5.82 Å². The van der Waals surface area contributed by atoms with Crippen LogP contribution in [-0.4, -0.2) is 48.7 Å². The van der Waals surface area contributed by atoms with Crippen LogP contribution < -0.4 is 0 Å². The average molecular weight is 279 g/mol. The molecule has 0 unspecified atom stereocenters. The van der Waals surface area contributed by atoms with Gasteiger partial charge in [0.25, 0.3) is 0 Å². The molecule has 0 radical (unpaired) electrons. The van der Waals surface area contributed by atoms with Crippen LogP contribution in [0.3, 0.4) is 0 Å². The lowest BCUT2D eigenvalue weighted by Gasteiger charge is -2.19. The summed E-state index contributed by atoms with van der Waals surface area (Å²) in [6.45, 7) is 1.32. The van der Waals surface area contributed by atoms with E-state index >= 15 is 0 Å². The summed E-state index contributed by atoms with van der Waals surface area (Å²) in [5.74, 6) is -0.481. The van der Waals surface area contributed by atoms with Gasteiger partial charge in [-0.1, -0.05) is 6.08 Å². The van der Waals surface area contributed by atoms with E-state index in [1.807, 2.05) is 0 Å². The number of aliphatic hydroxyl groups excluding tert-OH is 3. The zero-order valence-electron chi connectivity index (χ0n) is 10.7. The first-order valence-corrected chi connectivity index (χ1v) is 6.19. The van der Waals surface area contributed by atoms with Crippen LogP contribution >= 0.6 is 0 Å². The number of halogens is 1. The van der Waals surface area contributed by atoms with E-state index in [1.165, 1.54) is 23.2 Å². The molecule has 6 nitrogen and oxygen atoms in total. The normalized spacial score (nSPS) is 26.2. The molecule has 0 spiro atoms. The Morgan fingerprint density at radius 1 is 1.35 bits per heavy atom. The van der Waals surface area contributed by atoms with Gasteiger partial charge < -0.3 is 19.9 Å². The first-order valence-electron chi connectivity index (χ1n) is 6.19. The Bertz CT molecular complexity index is 697. The van der Waals surface area contributed by atoms with E-state index in [2.05, 4.69) is 9.97 Å². The average Bonchev–Trinajstić information content (AvgIpc) is 2.90. The second-order valence-corrected chi connectivity index (χ2v) is 4.87. The molecule has 106 valence electrons. The maximum atomic E-state index is 14.0. The van der Waals surface area contributed by atoms with Crippen LogP contribution in [0.1, 0.15) is 11.7 Å². The highest BCUT2D eigenvalue weighted by Gasteiger charge is 2.36. The van der Waals surface area contributed by atoms with Gasteiger partial charge in [-0.15, -0.1) is 0 Å². The summed E-state index contributed by atoms with van der Waals surface area (Å²) in [5.41, 5.74) is 1.17. The van der Waals surface area contributed by atoms with Crippen molar-refractivity contribution in [3.05, 3.63) is 35.7 Å². The van der Waals surface area contributed by atoms with Gasteiger partial charge >= 0.3 is 0 Å². The third kappa shape index (κ3) is 1.75. The van der Waals surface area contributed by atoms with Gasteiger partial charge in [-0.3, -0.25) is 0 Å². The highest BCUT2D eigenvalue weighted by atomic mass is 19.1. The van der Waals surface area contributed by atoms with Crippen LogP contribution in [0, 0.1) is 12.7 Å². The molecular formula is C13H14FN3O3. The number of aromatic nitrogens is 3. The molecule has 2 heterocycles. The minimum atomic E-state index is -1.16. The molecule has 3 rings (SSSR count). The molecule has 0 aromatic carbocycles. The van der Waals surface area contributed by atoms with Crippen LogP contribution in [0.5, 0.6) is 0 Å². The Kier molecular flexibility index (Phi) is 3.04. The third-order valence-corrected chi connectivity index (χ3v) is 3.69. The number of hydrogen-bond acceptors (Lipinski definition) is 5. The fourth-order valence-electron chi connectivity index (χ4n) is 2.63.